The number of carboxylic acids is 1. The molecule has 0 aliphatic carbocycles. The Bertz CT molecular complexity index is 363. The highest BCUT2D eigenvalue weighted by atomic mass is 32.2. The summed E-state index contributed by atoms with van der Waals surface area (Å²) in [5.41, 5.74) is 0. The lowest BCUT2D eigenvalue weighted by molar-refractivity contribution is -0.138. The maximum atomic E-state index is 11.3. The number of nitrogens with one attached hydrogen (secondary N) is 1. The molecular weight excluding hydrogens is 246 g/mol. The highest BCUT2D eigenvalue weighted by Gasteiger charge is 2.16. The first-order valence-electron chi connectivity index (χ1n) is 5.45. The lowest BCUT2D eigenvalue weighted by Gasteiger charge is -2.10. The summed E-state index contributed by atoms with van der Waals surface area (Å²) in [5, 5.41) is 10.9. The van der Waals surface area contributed by atoms with Crippen molar-refractivity contribution < 1.29 is 23.1 Å². The Hall–Kier alpha value is -1.11. The van der Waals surface area contributed by atoms with E-state index >= 15 is 0 Å². The predicted molar refractivity (Wildman–Crippen MR) is 63.4 cm³/mol. The first kappa shape index (κ1) is 15.9. The molecule has 1 unspecified atom stereocenters. The summed E-state index contributed by atoms with van der Waals surface area (Å²) in [7, 11) is -3.33. The molecule has 17 heavy (non-hydrogen) atoms. The van der Waals surface area contributed by atoms with E-state index in [0.717, 1.165) is 0 Å². The molecule has 0 aromatic carbocycles. The number of aliphatic carboxylic acids is 1. The average molecular weight is 265 g/mol. The van der Waals surface area contributed by atoms with Gasteiger partial charge in [-0.15, -0.1) is 0 Å². The van der Waals surface area contributed by atoms with Gasteiger partial charge in [0.25, 0.3) is 0 Å². The minimum atomic E-state index is -3.33. The second-order valence-corrected chi connectivity index (χ2v) is 6.28. The van der Waals surface area contributed by atoms with Gasteiger partial charge in [0.1, 0.15) is 5.75 Å². The summed E-state index contributed by atoms with van der Waals surface area (Å²) in [4.78, 5) is 21.6. The van der Waals surface area contributed by atoms with Crippen molar-refractivity contribution in [3.05, 3.63) is 0 Å². The number of carbonyl (C=O) groups is 2. The van der Waals surface area contributed by atoms with Crippen LogP contribution in [0.2, 0.25) is 0 Å². The van der Waals surface area contributed by atoms with Crippen LogP contribution in [0, 0.1) is 5.92 Å². The van der Waals surface area contributed by atoms with E-state index < -0.39 is 27.5 Å². The molecule has 1 amide bonds. The van der Waals surface area contributed by atoms with Gasteiger partial charge in [0, 0.05) is 13.0 Å². The summed E-state index contributed by atoms with van der Waals surface area (Å²) in [5.74, 6) is -2.27. The van der Waals surface area contributed by atoms with Gasteiger partial charge in [-0.2, -0.15) is 0 Å². The summed E-state index contributed by atoms with van der Waals surface area (Å²) in [6, 6.07) is 0. The van der Waals surface area contributed by atoms with Gasteiger partial charge in [-0.25, -0.2) is 8.42 Å². The Morgan fingerprint density at radius 2 is 1.94 bits per heavy atom. The van der Waals surface area contributed by atoms with Crippen molar-refractivity contribution >= 4 is 21.7 Å². The Morgan fingerprint density at radius 3 is 2.41 bits per heavy atom. The second kappa shape index (κ2) is 7.26. The van der Waals surface area contributed by atoms with Gasteiger partial charge in [-0.05, 0) is 12.3 Å². The van der Waals surface area contributed by atoms with Gasteiger partial charge in [-0.1, -0.05) is 13.8 Å². The van der Waals surface area contributed by atoms with Crippen LogP contribution in [0.15, 0.2) is 0 Å². The molecule has 0 saturated carbocycles. The SMILES string of the molecule is CCCS(=O)(=O)CC(=O)NCC(C)CC(=O)O. The molecule has 0 saturated heterocycles. The Kier molecular flexibility index (Phi) is 6.79. The predicted octanol–water partition coefficient (Wildman–Crippen LogP) is 0.0382. The fraction of sp³-hybridized carbons (Fsp3) is 0.800. The molecule has 7 heteroatoms. The normalized spacial score (nSPS) is 13.1. The van der Waals surface area contributed by atoms with Gasteiger partial charge in [0.15, 0.2) is 9.84 Å². The number of carboxylic acid groups (broad SMARTS) is 1. The quantitative estimate of drug-likeness (QED) is 0.645. The first-order chi connectivity index (χ1) is 7.76. The zero-order valence-corrected chi connectivity index (χ0v) is 10.9. The van der Waals surface area contributed by atoms with Crippen LogP contribution in [0.4, 0.5) is 0 Å². The van der Waals surface area contributed by atoms with Gasteiger partial charge >= 0.3 is 5.97 Å². The zero-order chi connectivity index (χ0) is 13.5. The third kappa shape index (κ3) is 8.67. The molecule has 0 aliphatic rings. The molecule has 0 rings (SSSR count). The highest BCUT2D eigenvalue weighted by Crippen LogP contribution is 1.99. The van der Waals surface area contributed by atoms with Crippen LogP contribution in [0.5, 0.6) is 0 Å². The van der Waals surface area contributed by atoms with E-state index in [1.54, 1.807) is 13.8 Å². The van der Waals surface area contributed by atoms with Crippen LogP contribution in [-0.2, 0) is 19.4 Å². The van der Waals surface area contributed by atoms with Crippen molar-refractivity contribution in [1.29, 1.82) is 0 Å². The lowest BCUT2D eigenvalue weighted by Crippen LogP contribution is -2.34. The van der Waals surface area contributed by atoms with Crippen LogP contribution in [0.3, 0.4) is 0 Å². The highest BCUT2D eigenvalue weighted by molar-refractivity contribution is 7.92. The lowest BCUT2D eigenvalue weighted by atomic mass is 10.1. The molecule has 0 fully saturated rings. The molecule has 0 aromatic rings. The molecule has 0 bridgehead atoms. The van der Waals surface area contributed by atoms with Gasteiger partial charge in [0.2, 0.25) is 5.91 Å². The number of rotatable bonds is 8. The Labute approximate surface area is 101 Å². The van der Waals surface area contributed by atoms with E-state index in [4.69, 9.17) is 5.11 Å². The van der Waals surface area contributed by atoms with Crippen molar-refractivity contribution in [1.82, 2.24) is 5.32 Å². The van der Waals surface area contributed by atoms with Gasteiger partial charge in [0.05, 0.1) is 5.75 Å². The number of sulfone groups is 1. The van der Waals surface area contributed by atoms with Crippen molar-refractivity contribution in [3.63, 3.8) is 0 Å². The van der Waals surface area contributed by atoms with E-state index in [9.17, 15) is 18.0 Å². The molecule has 100 valence electrons. The maximum absolute atomic E-state index is 11.3. The molecule has 0 aliphatic heterocycles. The third-order valence-electron chi connectivity index (χ3n) is 2.04. The minimum Gasteiger partial charge on any atom is -0.481 e. The van der Waals surface area contributed by atoms with Crippen LogP contribution in [0.25, 0.3) is 0 Å². The van der Waals surface area contributed by atoms with Gasteiger partial charge in [-0.3, -0.25) is 9.59 Å². The Balaban J connectivity index is 3.99. The van der Waals surface area contributed by atoms with Crippen molar-refractivity contribution in [3.8, 4) is 0 Å². The number of hydrogen-bond acceptors (Lipinski definition) is 4. The molecule has 1 atom stereocenters. The van der Waals surface area contributed by atoms with E-state index in [-0.39, 0.29) is 24.6 Å². The largest absolute Gasteiger partial charge is 0.481 e. The average Bonchev–Trinajstić information content (AvgIpc) is 2.12. The monoisotopic (exact) mass is 265 g/mol. The van der Waals surface area contributed by atoms with Crippen molar-refractivity contribution in [2.45, 2.75) is 26.7 Å². The van der Waals surface area contributed by atoms with Gasteiger partial charge < -0.3 is 10.4 Å². The smallest absolute Gasteiger partial charge is 0.303 e. The standard InChI is InChI=1S/C10H19NO5S/c1-3-4-17(15,16)7-9(12)11-6-8(2)5-10(13)14/h8H,3-7H2,1-2H3,(H,11,12)(H,13,14). The second-order valence-electron chi connectivity index (χ2n) is 4.10. The molecular formula is C10H19NO5S. The molecule has 2 N–H and O–H groups in total. The summed E-state index contributed by atoms with van der Waals surface area (Å²) in [6.45, 7) is 3.58. The fourth-order valence-electron chi connectivity index (χ4n) is 1.29. The van der Waals surface area contributed by atoms with Crippen LogP contribution in [0.1, 0.15) is 26.7 Å². The van der Waals surface area contributed by atoms with E-state index in [0.29, 0.717) is 6.42 Å². The molecule has 0 radical (unpaired) electrons. The number of carbonyl (C=O) groups excluding carboxylic acids is 1. The van der Waals surface area contributed by atoms with E-state index in [2.05, 4.69) is 5.32 Å². The molecule has 0 heterocycles. The van der Waals surface area contributed by atoms with Crippen LogP contribution in [-0.4, -0.2) is 43.5 Å². The number of hydrogen-bond donors (Lipinski definition) is 2. The minimum absolute atomic E-state index is 0.00883. The summed E-state index contributed by atoms with van der Waals surface area (Å²) < 4.78 is 22.6. The fourth-order valence-corrected chi connectivity index (χ4v) is 2.56. The van der Waals surface area contributed by atoms with Crippen molar-refractivity contribution in [2.75, 3.05) is 18.1 Å². The van der Waals surface area contributed by atoms with Crippen LogP contribution < -0.4 is 5.32 Å². The molecule has 0 spiro atoms. The van der Waals surface area contributed by atoms with E-state index in [1.165, 1.54) is 0 Å². The topological polar surface area (TPSA) is 101 Å². The van der Waals surface area contributed by atoms with E-state index in [1.807, 2.05) is 0 Å². The summed E-state index contributed by atoms with van der Waals surface area (Å²) in [6.07, 6.45) is 0.424. The Morgan fingerprint density at radius 1 is 1.35 bits per heavy atom. The van der Waals surface area contributed by atoms with Crippen molar-refractivity contribution in [2.24, 2.45) is 5.92 Å². The molecule has 6 nitrogen and oxygen atoms in total. The first-order valence-corrected chi connectivity index (χ1v) is 7.28. The summed E-state index contributed by atoms with van der Waals surface area (Å²) >= 11 is 0. The zero-order valence-electron chi connectivity index (χ0n) is 10.1. The van der Waals surface area contributed by atoms with Crippen LogP contribution >= 0.6 is 0 Å². The molecule has 0 aromatic heterocycles. The number of amides is 1. The maximum Gasteiger partial charge on any atom is 0.303 e. The third-order valence-corrected chi connectivity index (χ3v) is 3.77.